The fourth-order valence-electron chi connectivity index (χ4n) is 3.40. The number of imidazole rings is 1. The monoisotopic (exact) mass is 360 g/mol. The molecule has 2 heterocycles. The molecule has 0 saturated carbocycles. The highest BCUT2D eigenvalue weighted by Gasteiger charge is 2.27. The smallest absolute Gasteiger partial charge is 0.152 e. The van der Waals surface area contributed by atoms with Crippen LogP contribution in [0.1, 0.15) is 27.7 Å². The topological polar surface area (TPSA) is 62.5 Å². The Balaban J connectivity index is 2.10. The molecular weight excluding hydrogens is 336 g/mol. The van der Waals surface area contributed by atoms with Gasteiger partial charge in [0, 0.05) is 23.6 Å². The van der Waals surface area contributed by atoms with Gasteiger partial charge in [0.1, 0.15) is 5.52 Å². The van der Waals surface area contributed by atoms with Gasteiger partial charge in [0.15, 0.2) is 5.82 Å². The van der Waals surface area contributed by atoms with Crippen LogP contribution in [0.2, 0.25) is 5.02 Å². The quantitative estimate of drug-likeness (QED) is 0.690. The number of aliphatic hydroxyl groups is 1. The van der Waals surface area contributed by atoms with Gasteiger partial charge in [-0.2, -0.15) is 0 Å². The van der Waals surface area contributed by atoms with Crippen molar-refractivity contribution < 1.29 is 5.11 Å². The normalized spacial score (nSPS) is 14.6. The maximum absolute atomic E-state index is 9.88. The van der Waals surface area contributed by atoms with Gasteiger partial charge >= 0.3 is 0 Å². The molecule has 3 rings (SSSR count). The molecule has 25 heavy (non-hydrogen) atoms. The summed E-state index contributed by atoms with van der Waals surface area (Å²) >= 11 is 6.14. The van der Waals surface area contributed by atoms with E-state index < -0.39 is 0 Å². The van der Waals surface area contributed by atoms with Crippen molar-refractivity contribution in [3.05, 3.63) is 35.7 Å². The number of benzene rings is 1. The standard InChI is InChI=1S/C19H25ClN4O/c1-11(2)14(9-25)18(12(3)4)23-19-17-8-21-10-24(17)16-7-13(20)5-6-15(16)22-19/h5-8,10-12,14,18,25H,9H2,1-4H3,(H,22,23). The van der Waals surface area contributed by atoms with Crippen LogP contribution in [-0.4, -0.2) is 32.1 Å². The van der Waals surface area contributed by atoms with Crippen molar-refractivity contribution in [1.82, 2.24) is 14.4 Å². The molecule has 0 radical (unpaired) electrons. The number of rotatable bonds is 6. The van der Waals surface area contributed by atoms with Gasteiger partial charge in [-0.1, -0.05) is 39.3 Å². The van der Waals surface area contributed by atoms with Gasteiger partial charge in [-0.3, -0.25) is 4.40 Å². The molecule has 2 atom stereocenters. The number of aromatic nitrogens is 3. The van der Waals surface area contributed by atoms with Gasteiger partial charge in [-0.15, -0.1) is 0 Å². The zero-order valence-corrected chi connectivity index (χ0v) is 15.8. The minimum Gasteiger partial charge on any atom is -0.396 e. The largest absolute Gasteiger partial charge is 0.396 e. The fourth-order valence-corrected chi connectivity index (χ4v) is 3.56. The zero-order valence-electron chi connectivity index (χ0n) is 15.1. The molecule has 134 valence electrons. The first-order valence-corrected chi connectivity index (χ1v) is 9.09. The van der Waals surface area contributed by atoms with E-state index in [0.717, 1.165) is 22.4 Å². The number of fused-ring (bicyclic) bond motifs is 3. The molecule has 1 aromatic carbocycles. The SMILES string of the molecule is CC(C)C(CO)C(Nc1nc2ccc(Cl)cc2n2cncc12)C(C)C. The maximum atomic E-state index is 9.88. The first kappa shape index (κ1) is 18.0. The van der Waals surface area contributed by atoms with E-state index in [1.807, 2.05) is 22.6 Å². The first-order valence-electron chi connectivity index (χ1n) is 8.71. The predicted molar refractivity (Wildman–Crippen MR) is 103 cm³/mol. The van der Waals surface area contributed by atoms with E-state index in [9.17, 15) is 5.11 Å². The summed E-state index contributed by atoms with van der Waals surface area (Å²) in [4.78, 5) is 9.09. The molecule has 0 aliphatic carbocycles. The van der Waals surface area contributed by atoms with Crippen LogP contribution < -0.4 is 5.32 Å². The van der Waals surface area contributed by atoms with Crippen molar-refractivity contribution in [2.75, 3.05) is 11.9 Å². The number of nitrogens with one attached hydrogen (secondary N) is 1. The van der Waals surface area contributed by atoms with E-state index in [1.165, 1.54) is 0 Å². The Morgan fingerprint density at radius 3 is 2.56 bits per heavy atom. The Hall–Kier alpha value is -1.85. The summed E-state index contributed by atoms with van der Waals surface area (Å²) in [5, 5.41) is 14.1. The van der Waals surface area contributed by atoms with Crippen LogP contribution in [-0.2, 0) is 0 Å². The van der Waals surface area contributed by atoms with E-state index in [2.05, 4.69) is 38.0 Å². The van der Waals surface area contributed by atoms with Crippen molar-refractivity contribution in [3.8, 4) is 0 Å². The lowest BCUT2D eigenvalue weighted by atomic mass is 9.83. The van der Waals surface area contributed by atoms with Crippen LogP contribution in [0.5, 0.6) is 0 Å². The highest BCUT2D eigenvalue weighted by atomic mass is 35.5. The number of nitrogens with zero attached hydrogens (tertiary/aromatic N) is 3. The van der Waals surface area contributed by atoms with E-state index in [-0.39, 0.29) is 18.6 Å². The van der Waals surface area contributed by atoms with Crippen molar-refractivity contribution in [3.63, 3.8) is 0 Å². The van der Waals surface area contributed by atoms with Crippen molar-refractivity contribution >= 4 is 34.0 Å². The predicted octanol–water partition coefficient (Wildman–Crippen LogP) is 4.24. The second kappa shape index (κ2) is 7.18. The lowest BCUT2D eigenvalue weighted by molar-refractivity contribution is 0.155. The summed E-state index contributed by atoms with van der Waals surface area (Å²) in [5.74, 6) is 1.64. The van der Waals surface area contributed by atoms with Crippen molar-refractivity contribution in [2.45, 2.75) is 33.7 Å². The Morgan fingerprint density at radius 1 is 1.16 bits per heavy atom. The molecule has 5 nitrogen and oxygen atoms in total. The van der Waals surface area contributed by atoms with Crippen molar-refractivity contribution in [2.24, 2.45) is 17.8 Å². The number of halogens is 1. The number of aliphatic hydroxyl groups excluding tert-OH is 1. The van der Waals surface area contributed by atoms with E-state index >= 15 is 0 Å². The van der Waals surface area contributed by atoms with Crippen LogP contribution in [0.15, 0.2) is 30.7 Å². The second-order valence-electron chi connectivity index (χ2n) is 7.25. The average Bonchev–Trinajstić information content (AvgIpc) is 3.04. The van der Waals surface area contributed by atoms with Crippen LogP contribution in [0.4, 0.5) is 5.82 Å². The Labute approximate surface area is 153 Å². The number of hydrogen-bond donors (Lipinski definition) is 2. The lowest BCUT2D eigenvalue weighted by Crippen LogP contribution is -2.39. The highest BCUT2D eigenvalue weighted by Crippen LogP contribution is 2.28. The minimum atomic E-state index is 0.112. The molecule has 2 N–H and O–H groups in total. The van der Waals surface area contributed by atoms with Gasteiger partial charge in [0.2, 0.25) is 0 Å². The third-order valence-electron chi connectivity index (χ3n) is 4.86. The average molecular weight is 361 g/mol. The molecule has 0 aliphatic rings. The molecule has 3 aromatic rings. The fraction of sp³-hybridized carbons (Fsp3) is 0.474. The van der Waals surface area contributed by atoms with Crippen LogP contribution >= 0.6 is 11.6 Å². The number of anilines is 1. The summed E-state index contributed by atoms with van der Waals surface area (Å²) in [7, 11) is 0. The summed E-state index contributed by atoms with van der Waals surface area (Å²) in [6, 6.07) is 5.76. The van der Waals surface area contributed by atoms with Gasteiger partial charge in [0.25, 0.3) is 0 Å². The molecule has 0 spiro atoms. The second-order valence-corrected chi connectivity index (χ2v) is 7.68. The molecule has 0 bridgehead atoms. The third kappa shape index (κ3) is 3.44. The Bertz CT molecular complexity index is 874. The van der Waals surface area contributed by atoms with Crippen LogP contribution in [0.25, 0.3) is 16.6 Å². The summed E-state index contributed by atoms with van der Waals surface area (Å²) in [6.07, 6.45) is 3.58. The van der Waals surface area contributed by atoms with E-state index in [0.29, 0.717) is 16.9 Å². The molecule has 2 unspecified atom stereocenters. The molecule has 0 aliphatic heterocycles. The summed E-state index contributed by atoms with van der Waals surface area (Å²) in [5.41, 5.74) is 2.68. The van der Waals surface area contributed by atoms with E-state index in [4.69, 9.17) is 16.6 Å². The van der Waals surface area contributed by atoms with Gasteiger partial charge in [-0.25, -0.2) is 9.97 Å². The Kier molecular flexibility index (Phi) is 5.16. The molecule has 0 amide bonds. The maximum Gasteiger partial charge on any atom is 0.152 e. The summed E-state index contributed by atoms with van der Waals surface area (Å²) < 4.78 is 2.00. The summed E-state index contributed by atoms with van der Waals surface area (Å²) in [6.45, 7) is 8.75. The number of hydrogen-bond acceptors (Lipinski definition) is 4. The molecule has 6 heteroatoms. The lowest BCUT2D eigenvalue weighted by Gasteiger charge is -2.33. The van der Waals surface area contributed by atoms with Gasteiger partial charge < -0.3 is 10.4 Å². The third-order valence-corrected chi connectivity index (χ3v) is 5.10. The van der Waals surface area contributed by atoms with E-state index in [1.54, 1.807) is 12.5 Å². The van der Waals surface area contributed by atoms with Crippen LogP contribution in [0.3, 0.4) is 0 Å². The van der Waals surface area contributed by atoms with Gasteiger partial charge in [0.05, 0.1) is 23.6 Å². The van der Waals surface area contributed by atoms with Gasteiger partial charge in [-0.05, 0) is 30.0 Å². The van der Waals surface area contributed by atoms with Crippen LogP contribution in [0, 0.1) is 17.8 Å². The van der Waals surface area contributed by atoms with Crippen molar-refractivity contribution in [1.29, 1.82) is 0 Å². The zero-order chi connectivity index (χ0) is 18.1. The molecular formula is C19H25ClN4O. The molecule has 0 saturated heterocycles. The highest BCUT2D eigenvalue weighted by molar-refractivity contribution is 6.31. The minimum absolute atomic E-state index is 0.112. The first-order chi connectivity index (χ1) is 11.9. The Morgan fingerprint density at radius 2 is 1.92 bits per heavy atom. The molecule has 2 aromatic heterocycles. The molecule has 0 fully saturated rings.